The Hall–Kier alpha value is -5.04. The molecule has 0 unspecified atom stereocenters. The molecule has 0 bridgehead atoms. The molecule has 0 aliphatic rings. The molecule has 2 N–H and O–H groups in total. The molecule has 0 aliphatic heterocycles. The van der Waals surface area contributed by atoms with Crippen molar-refractivity contribution in [3.05, 3.63) is 77.2 Å². The molecule has 36 heavy (non-hydrogen) atoms. The van der Waals surface area contributed by atoms with Crippen LogP contribution < -0.4 is 15.2 Å². The fourth-order valence-electron chi connectivity index (χ4n) is 3.92. The molecule has 0 amide bonds. The Morgan fingerprint density at radius 3 is 2.56 bits per heavy atom. The van der Waals surface area contributed by atoms with E-state index in [1.165, 1.54) is 4.52 Å². The number of fused-ring (bicyclic) bond motifs is 1. The van der Waals surface area contributed by atoms with Crippen LogP contribution >= 0.6 is 0 Å². The summed E-state index contributed by atoms with van der Waals surface area (Å²) in [6.07, 6.45) is 0. The summed E-state index contributed by atoms with van der Waals surface area (Å²) in [4.78, 5) is 18.2. The average molecular weight is 479 g/mol. The first kappa shape index (κ1) is 22.7. The lowest BCUT2D eigenvalue weighted by atomic mass is 9.99. The maximum atomic E-state index is 9.43. The molecule has 0 saturated heterocycles. The molecule has 5 rings (SSSR count). The highest BCUT2D eigenvalue weighted by atomic mass is 16.5. The van der Waals surface area contributed by atoms with Crippen molar-refractivity contribution in [3.8, 4) is 40.3 Å². The van der Waals surface area contributed by atoms with Gasteiger partial charge in [-0.1, -0.05) is 18.2 Å². The summed E-state index contributed by atoms with van der Waals surface area (Å²) in [5.41, 5.74) is 12.3. The van der Waals surface area contributed by atoms with E-state index < -0.39 is 0 Å². The van der Waals surface area contributed by atoms with Gasteiger partial charge in [0.2, 0.25) is 11.8 Å². The van der Waals surface area contributed by atoms with Crippen LogP contribution in [0.25, 0.3) is 28.0 Å². The second-order valence-corrected chi connectivity index (χ2v) is 8.11. The summed E-state index contributed by atoms with van der Waals surface area (Å²) in [5.74, 6) is 0.568. The Morgan fingerprint density at radius 1 is 0.944 bits per heavy atom. The van der Waals surface area contributed by atoms with E-state index in [0.717, 1.165) is 22.6 Å². The van der Waals surface area contributed by atoms with Crippen molar-refractivity contribution in [2.24, 2.45) is 0 Å². The zero-order valence-corrected chi connectivity index (χ0v) is 19.9. The van der Waals surface area contributed by atoms with E-state index in [2.05, 4.69) is 31.1 Å². The van der Waals surface area contributed by atoms with Crippen molar-refractivity contribution in [1.29, 1.82) is 5.26 Å². The highest BCUT2D eigenvalue weighted by molar-refractivity contribution is 5.91. The molecular formula is C26H22N8O2. The first-order valence-corrected chi connectivity index (χ1v) is 11.1. The molecule has 0 fully saturated rings. The second kappa shape index (κ2) is 9.31. The predicted molar refractivity (Wildman–Crippen MR) is 133 cm³/mol. The highest BCUT2D eigenvalue weighted by Gasteiger charge is 2.22. The van der Waals surface area contributed by atoms with Gasteiger partial charge in [-0.25, -0.2) is 9.97 Å². The number of benzene rings is 1. The van der Waals surface area contributed by atoms with Gasteiger partial charge in [0, 0.05) is 23.0 Å². The number of rotatable bonds is 6. The van der Waals surface area contributed by atoms with Crippen molar-refractivity contribution in [2.75, 3.05) is 12.8 Å². The van der Waals surface area contributed by atoms with E-state index in [0.29, 0.717) is 33.9 Å². The summed E-state index contributed by atoms with van der Waals surface area (Å²) < 4.78 is 12.7. The Bertz CT molecular complexity index is 1640. The fourth-order valence-corrected chi connectivity index (χ4v) is 3.92. The van der Waals surface area contributed by atoms with E-state index in [1.54, 1.807) is 31.4 Å². The van der Waals surface area contributed by atoms with E-state index in [9.17, 15) is 5.26 Å². The maximum Gasteiger partial charge on any atom is 0.336 e. The van der Waals surface area contributed by atoms with Crippen LogP contribution in [0, 0.1) is 25.2 Å². The van der Waals surface area contributed by atoms with Crippen molar-refractivity contribution >= 4 is 11.6 Å². The molecule has 0 saturated carbocycles. The third-order valence-electron chi connectivity index (χ3n) is 5.48. The van der Waals surface area contributed by atoms with Crippen LogP contribution in [0.15, 0.2) is 54.6 Å². The molecule has 5 aromatic rings. The summed E-state index contributed by atoms with van der Waals surface area (Å²) in [5, 5.41) is 13.9. The Kier molecular flexibility index (Phi) is 5.88. The molecule has 0 radical (unpaired) electrons. The molecule has 4 heterocycles. The number of methoxy groups -OCH3 is 1. The van der Waals surface area contributed by atoms with Gasteiger partial charge in [-0.3, -0.25) is 4.98 Å². The minimum atomic E-state index is 0.125. The van der Waals surface area contributed by atoms with Gasteiger partial charge < -0.3 is 15.2 Å². The van der Waals surface area contributed by atoms with Crippen LogP contribution in [-0.4, -0.2) is 36.7 Å². The molecule has 0 aliphatic carbocycles. The molecule has 4 aromatic heterocycles. The van der Waals surface area contributed by atoms with E-state index in [-0.39, 0.29) is 18.6 Å². The number of nitrogens with two attached hydrogens (primary N) is 1. The van der Waals surface area contributed by atoms with E-state index >= 15 is 0 Å². The number of pyridine rings is 2. The minimum absolute atomic E-state index is 0.125. The number of nitrogens with zero attached hydrogens (tertiary/aromatic N) is 7. The first-order chi connectivity index (χ1) is 17.4. The number of hydrogen-bond acceptors (Lipinski definition) is 9. The van der Waals surface area contributed by atoms with Crippen molar-refractivity contribution in [3.63, 3.8) is 0 Å². The smallest absolute Gasteiger partial charge is 0.336 e. The molecule has 10 heteroatoms. The van der Waals surface area contributed by atoms with E-state index in [4.69, 9.17) is 15.2 Å². The summed E-state index contributed by atoms with van der Waals surface area (Å²) in [6.45, 7) is 3.98. The lowest BCUT2D eigenvalue weighted by Crippen LogP contribution is -2.06. The van der Waals surface area contributed by atoms with Gasteiger partial charge in [0.25, 0.3) is 0 Å². The third kappa shape index (κ3) is 4.37. The molecule has 10 nitrogen and oxygen atoms in total. The monoisotopic (exact) mass is 478 g/mol. The van der Waals surface area contributed by atoms with Crippen LogP contribution in [0.2, 0.25) is 0 Å². The van der Waals surface area contributed by atoms with Crippen LogP contribution in [0.4, 0.5) is 5.95 Å². The van der Waals surface area contributed by atoms with Crippen molar-refractivity contribution in [1.82, 2.24) is 29.5 Å². The first-order valence-electron chi connectivity index (χ1n) is 11.1. The van der Waals surface area contributed by atoms with Gasteiger partial charge in [0.05, 0.1) is 35.7 Å². The SMILES string of the molecule is COc1cc(-c2c(-c3cccc(C#N)c3)nc(N)n3nc(OCc4cccc(C)n4)nc23)cc(C)n1. The van der Waals surface area contributed by atoms with Gasteiger partial charge in [0.15, 0.2) is 5.65 Å². The van der Waals surface area contributed by atoms with Gasteiger partial charge in [0.1, 0.15) is 6.61 Å². The van der Waals surface area contributed by atoms with Crippen molar-refractivity contribution < 1.29 is 9.47 Å². The largest absolute Gasteiger partial charge is 0.481 e. The number of anilines is 1. The van der Waals surface area contributed by atoms with Gasteiger partial charge >= 0.3 is 6.01 Å². The lowest BCUT2D eigenvalue weighted by molar-refractivity contribution is 0.277. The Balaban J connectivity index is 1.70. The quantitative estimate of drug-likeness (QED) is 0.385. The standard InChI is InChI=1S/C26H22N8O2/c1-15-6-4-9-20(29-15)14-36-26-32-24-22(19-10-16(2)30-21(12-19)35-3)23(31-25(28)34(24)33-26)18-8-5-7-17(11-18)13-27/h4-12H,14H2,1-3H3,(H2,28,31). The topological polar surface area (TPSA) is 137 Å². The Labute approximate surface area is 207 Å². The molecule has 178 valence electrons. The number of nitrogen functional groups attached to an aromatic ring is 1. The summed E-state index contributed by atoms with van der Waals surface area (Å²) >= 11 is 0. The van der Waals surface area contributed by atoms with Crippen LogP contribution in [0.5, 0.6) is 11.9 Å². The fraction of sp³-hybridized carbons (Fsp3) is 0.154. The number of aromatic nitrogens is 6. The Morgan fingerprint density at radius 2 is 1.78 bits per heavy atom. The molecule has 0 atom stereocenters. The van der Waals surface area contributed by atoms with Gasteiger partial charge in [-0.2, -0.15) is 14.8 Å². The molecule has 0 spiro atoms. The number of nitriles is 1. The predicted octanol–water partition coefficient (Wildman–Crippen LogP) is 3.91. The number of ether oxygens (including phenoxy) is 2. The summed E-state index contributed by atoms with van der Waals surface area (Å²) in [7, 11) is 1.56. The highest BCUT2D eigenvalue weighted by Crippen LogP contribution is 2.37. The van der Waals surface area contributed by atoms with Gasteiger partial charge in [-0.05, 0) is 49.7 Å². The lowest BCUT2D eigenvalue weighted by Gasteiger charge is -2.13. The van der Waals surface area contributed by atoms with Crippen LogP contribution in [0.1, 0.15) is 22.6 Å². The van der Waals surface area contributed by atoms with Crippen LogP contribution in [-0.2, 0) is 6.61 Å². The molecule has 1 aromatic carbocycles. The summed E-state index contributed by atoms with van der Waals surface area (Å²) in [6, 6.07) is 18.8. The number of aryl methyl sites for hydroxylation is 2. The normalized spacial score (nSPS) is 10.8. The number of hydrogen-bond donors (Lipinski definition) is 1. The minimum Gasteiger partial charge on any atom is -0.481 e. The molecular weight excluding hydrogens is 456 g/mol. The van der Waals surface area contributed by atoms with Crippen molar-refractivity contribution in [2.45, 2.75) is 20.5 Å². The zero-order valence-electron chi connectivity index (χ0n) is 19.9. The van der Waals surface area contributed by atoms with Crippen LogP contribution in [0.3, 0.4) is 0 Å². The zero-order chi connectivity index (χ0) is 25.2. The van der Waals surface area contributed by atoms with Gasteiger partial charge in [-0.15, -0.1) is 5.10 Å². The third-order valence-corrected chi connectivity index (χ3v) is 5.48. The maximum absolute atomic E-state index is 9.43. The van der Waals surface area contributed by atoms with E-state index in [1.807, 2.05) is 44.2 Å². The second-order valence-electron chi connectivity index (χ2n) is 8.11. The average Bonchev–Trinajstić information content (AvgIpc) is 3.32.